The van der Waals surface area contributed by atoms with Crippen molar-refractivity contribution in [3.63, 3.8) is 0 Å². The van der Waals surface area contributed by atoms with Crippen LogP contribution in [0, 0.1) is 0 Å². The molecule has 6 heteroatoms. The molecule has 0 radical (unpaired) electrons. The van der Waals surface area contributed by atoms with Crippen molar-refractivity contribution in [3.8, 4) is 0 Å². The van der Waals surface area contributed by atoms with Crippen LogP contribution in [0.4, 0.5) is 0 Å². The van der Waals surface area contributed by atoms with Crippen LogP contribution in [0.1, 0.15) is 32.8 Å². The Balaban J connectivity index is 3.07. The number of ether oxygens (including phenoxy) is 1. The summed E-state index contributed by atoms with van der Waals surface area (Å²) in [5.74, 6) is -0.574. The Labute approximate surface area is 127 Å². The van der Waals surface area contributed by atoms with Crippen molar-refractivity contribution < 1.29 is 17.9 Å². The van der Waals surface area contributed by atoms with Crippen molar-refractivity contribution in [1.29, 1.82) is 0 Å². The van der Waals surface area contributed by atoms with Gasteiger partial charge in [0.05, 0.1) is 12.0 Å². The van der Waals surface area contributed by atoms with E-state index in [1.807, 2.05) is 12.1 Å². The normalized spacial score (nSPS) is 11.9. The fourth-order valence-corrected chi connectivity index (χ4v) is 3.57. The quantitative estimate of drug-likeness (QED) is 0.724. The Morgan fingerprint density at radius 1 is 1.24 bits per heavy atom. The van der Waals surface area contributed by atoms with E-state index in [1.54, 1.807) is 26.0 Å². The van der Waals surface area contributed by atoms with Crippen LogP contribution in [-0.4, -0.2) is 38.4 Å². The Hall–Kier alpha value is -1.40. The lowest BCUT2D eigenvalue weighted by Gasteiger charge is -2.24. The molecule has 0 spiro atoms. The third-order valence-electron chi connectivity index (χ3n) is 3.16. The molecule has 1 aromatic carbocycles. The van der Waals surface area contributed by atoms with Gasteiger partial charge in [-0.05, 0) is 38.0 Å². The molecule has 0 amide bonds. The molecule has 21 heavy (non-hydrogen) atoms. The second-order valence-corrected chi connectivity index (χ2v) is 7.00. The summed E-state index contributed by atoms with van der Waals surface area (Å²) in [6, 6.07) is 6.48. The molecule has 0 bridgehead atoms. The monoisotopic (exact) mass is 313 g/mol. The number of carbonyl (C=O) groups is 1. The van der Waals surface area contributed by atoms with Gasteiger partial charge in [-0.25, -0.2) is 8.42 Å². The van der Waals surface area contributed by atoms with Crippen molar-refractivity contribution in [3.05, 3.63) is 29.8 Å². The van der Waals surface area contributed by atoms with Crippen molar-refractivity contribution in [2.45, 2.75) is 44.6 Å². The van der Waals surface area contributed by atoms with Crippen molar-refractivity contribution in [2.24, 2.45) is 0 Å². The van der Waals surface area contributed by atoms with Crippen LogP contribution >= 0.6 is 0 Å². The van der Waals surface area contributed by atoms with E-state index in [0.29, 0.717) is 0 Å². The first-order valence-corrected chi connectivity index (χ1v) is 8.44. The minimum atomic E-state index is -3.70. The highest BCUT2D eigenvalue weighted by Gasteiger charge is 2.29. The number of carbonyl (C=O) groups excluding carboxylic acids is 1. The summed E-state index contributed by atoms with van der Waals surface area (Å²) in [7, 11) is -2.46. The van der Waals surface area contributed by atoms with Gasteiger partial charge in [0.15, 0.2) is 0 Å². The molecule has 0 saturated heterocycles. The lowest BCUT2D eigenvalue weighted by atomic mass is 10.1. The zero-order chi connectivity index (χ0) is 16.0. The second kappa shape index (κ2) is 7.56. The number of hydrogen-bond acceptors (Lipinski definition) is 4. The third-order valence-corrected chi connectivity index (χ3v) is 5.19. The Morgan fingerprint density at radius 2 is 1.81 bits per heavy atom. The van der Waals surface area contributed by atoms with Gasteiger partial charge in [0, 0.05) is 6.04 Å². The predicted octanol–water partition coefficient (Wildman–Crippen LogP) is 2.21. The van der Waals surface area contributed by atoms with Crippen LogP contribution in [0.2, 0.25) is 0 Å². The Kier molecular flexibility index (Phi) is 6.36. The maximum Gasteiger partial charge on any atom is 0.321 e. The van der Waals surface area contributed by atoms with Crippen LogP contribution in [0.15, 0.2) is 29.2 Å². The number of benzene rings is 1. The minimum absolute atomic E-state index is 0.194. The van der Waals surface area contributed by atoms with E-state index in [1.165, 1.54) is 7.11 Å². The van der Waals surface area contributed by atoms with E-state index in [-0.39, 0.29) is 17.5 Å². The van der Waals surface area contributed by atoms with Crippen molar-refractivity contribution in [1.82, 2.24) is 4.31 Å². The van der Waals surface area contributed by atoms with E-state index in [2.05, 4.69) is 11.7 Å². The van der Waals surface area contributed by atoms with Gasteiger partial charge in [-0.1, -0.05) is 25.5 Å². The first-order chi connectivity index (χ1) is 9.82. The van der Waals surface area contributed by atoms with Crippen molar-refractivity contribution >= 4 is 16.0 Å². The molecule has 1 rings (SSSR count). The second-order valence-electron chi connectivity index (χ2n) is 5.11. The molecule has 0 N–H and O–H groups in total. The smallest absolute Gasteiger partial charge is 0.321 e. The molecular weight excluding hydrogens is 290 g/mol. The number of aryl methyl sites for hydroxylation is 1. The van der Waals surface area contributed by atoms with Crippen LogP contribution in [0.5, 0.6) is 0 Å². The molecule has 0 atom stereocenters. The molecule has 5 nitrogen and oxygen atoms in total. The molecule has 0 heterocycles. The van der Waals surface area contributed by atoms with E-state index >= 15 is 0 Å². The molecule has 0 saturated carbocycles. The van der Waals surface area contributed by atoms with Gasteiger partial charge >= 0.3 is 5.97 Å². The van der Waals surface area contributed by atoms with Gasteiger partial charge in [0.25, 0.3) is 0 Å². The number of nitrogens with zero attached hydrogens (tertiary/aromatic N) is 1. The first kappa shape index (κ1) is 17.7. The maximum atomic E-state index is 12.6. The molecular formula is C15H23NO4S. The molecule has 118 valence electrons. The average molecular weight is 313 g/mol. The molecule has 0 aliphatic carbocycles. The zero-order valence-corrected chi connectivity index (χ0v) is 13.8. The predicted molar refractivity (Wildman–Crippen MR) is 81.5 cm³/mol. The van der Waals surface area contributed by atoms with Gasteiger partial charge < -0.3 is 4.74 Å². The van der Waals surface area contributed by atoms with Gasteiger partial charge in [-0.3, -0.25) is 4.79 Å². The molecule has 1 aromatic rings. The van der Waals surface area contributed by atoms with E-state index in [9.17, 15) is 13.2 Å². The van der Waals surface area contributed by atoms with Crippen LogP contribution in [-0.2, 0) is 26.0 Å². The summed E-state index contributed by atoms with van der Waals surface area (Å²) >= 11 is 0. The van der Waals surface area contributed by atoms with E-state index < -0.39 is 16.0 Å². The SMILES string of the molecule is CCCc1ccc(S(=O)(=O)N(CC(=O)OC)C(C)C)cc1. The van der Waals surface area contributed by atoms with Gasteiger partial charge in [-0.2, -0.15) is 4.31 Å². The van der Waals surface area contributed by atoms with Crippen LogP contribution in [0.3, 0.4) is 0 Å². The van der Waals surface area contributed by atoms with Gasteiger partial charge in [0.2, 0.25) is 10.0 Å². The zero-order valence-electron chi connectivity index (χ0n) is 13.0. The number of rotatable bonds is 7. The summed E-state index contributed by atoms with van der Waals surface area (Å²) in [5, 5.41) is 0. The fraction of sp³-hybridized carbons (Fsp3) is 0.533. The highest BCUT2D eigenvalue weighted by atomic mass is 32.2. The van der Waals surface area contributed by atoms with Crippen LogP contribution < -0.4 is 0 Å². The number of sulfonamides is 1. The molecule has 0 aliphatic rings. The Morgan fingerprint density at radius 3 is 2.24 bits per heavy atom. The van der Waals surface area contributed by atoms with Crippen molar-refractivity contribution in [2.75, 3.05) is 13.7 Å². The number of methoxy groups -OCH3 is 1. The molecule has 0 fully saturated rings. The summed E-state index contributed by atoms with van der Waals surface area (Å²) in [6.07, 6.45) is 1.92. The third kappa shape index (κ3) is 4.54. The summed E-state index contributed by atoms with van der Waals surface area (Å²) in [4.78, 5) is 11.6. The lowest BCUT2D eigenvalue weighted by molar-refractivity contribution is -0.141. The molecule has 0 unspecified atom stereocenters. The van der Waals surface area contributed by atoms with E-state index in [0.717, 1.165) is 22.7 Å². The topological polar surface area (TPSA) is 63.7 Å². The van der Waals surface area contributed by atoms with Gasteiger partial charge in [-0.15, -0.1) is 0 Å². The fourth-order valence-electron chi connectivity index (χ4n) is 1.99. The first-order valence-electron chi connectivity index (χ1n) is 7.00. The molecule has 0 aromatic heterocycles. The highest BCUT2D eigenvalue weighted by molar-refractivity contribution is 7.89. The highest BCUT2D eigenvalue weighted by Crippen LogP contribution is 2.19. The summed E-state index contributed by atoms with van der Waals surface area (Å²) in [5.41, 5.74) is 1.10. The van der Waals surface area contributed by atoms with Crippen LogP contribution in [0.25, 0.3) is 0 Å². The minimum Gasteiger partial charge on any atom is -0.468 e. The van der Waals surface area contributed by atoms with E-state index in [4.69, 9.17) is 0 Å². The largest absolute Gasteiger partial charge is 0.468 e. The number of hydrogen-bond donors (Lipinski definition) is 0. The number of esters is 1. The standard InChI is InChI=1S/C15H23NO4S/c1-5-6-13-7-9-14(10-8-13)21(18,19)16(12(2)3)11-15(17)20-4/h7-10,12H,5-6,11H2,1-4H3. The van der Waals surface area contributed by atoms with Gasteiger partial charge in [0.1, 0.15) is 6.54 Å². The maximum absolute atomic E-state index is 12.6. The lowest BCUT2D eigenvalue weighted by Crippen LogP contribution is -2.40. The summed E-state index contributed by atoms with van der Waals surface area (Å²) in [6.45, 7) is 5.24. The Bertz CT molecular complexity index is 564. The summed E-state index contributed by atoms with van der Waals surface area (Å²) < 4.78 is 30.9. The average Bonchev–Trinajstić information content (AvgIpc) is 2.44. The molecule has 0 aliphatic heterocycles.